The third kappa shape index (κ3) is 4.58. The first-order chi connectivity index (χ1) is 19.2. The quantitative estimate of drug-likeness (QED) is 0.227. The lowest BCUT2D eigenvalue weighted by Gasteiger charge is -2.32. The first kappa shape index (κ1) is 27.3. The molecule has 1 atom stereocenters. The van der Waals surface area contributed by atoms with Crippen LogP contribution in [0.1, 0.15) is 43.0 Å². The van der Waals surface area contributed by atoms with Crippen molar-refractivity contribution in [1.29, 1.82) is 0 Å². The maximum absolute atomic E-state index is 14.6. The molecule has 1 amide bonds. The Morgan fingerprint density at radius 2 is 1.45 bits per heavy atom. The van der Waals surface area contributed by atoms with Crippen molar-refractivity contribution in [3.8, 4) is 17.2 Å². The number of benzene rings is 4. The van der Waals surface area contributed by atoms with Gasteiger partial charge in [-0.2, -0.15) is 0 Å². The molecule has 0 N–H and O–H groups in total. The molecular formula is C34H35NO5. The molecule has 0 radical (unpaired) electrons. The van der Waals surface area contributed by atoms with Gasteiger partial charge in [-0.3, -0.25) is 9.69 Å². The average Bonchev–Trinajstić information content (AvgIpc) is 3.22. The summed E-state index contributed by atoms with van der Waals surface area (Å²) in [4.78, 5) is 16.4. The summed E-state index contributed by atoms with van der Waals surface area (Å²) in [5.41, 5.74) is 3.45. The van der Waals surface area contributed by atoms with Crippen molar-refractivity contribution < 1.29 is 23.7 Å². The van der Waals surface area contributed by atoms with Crippen molar-refractivity contribution in [2.45, 2.75) is 38.4 Å². The van der Waals surface area contributed by atoms with Gasteiger partial charge in [0.15, 0.2) is 0 Å². The van der Waals surface area contributed by atoms with Crippen LogP contribution >= 0.6 is 0 Å². The lowest BCUT2D eigenvalue weighted by Crippen LogP contribution is -2.38. The summed E-state index contributed by atoms with van der Waals surface area (Å²) in [6.45, 7) is 6.38. The number of fused-ring (bicyclic) bond motifs is 1. The topological polar surface area (TPSA) is 57.2 Å². The number of hydrogen-bond donors (Lipinski definition) is 0. The maximum Gasteiger partial charge on any atom is 0.246 e. The van der Waals surface area contributed by atoms with E-state index >= 15 is 0 Å². The molecule has 40 heavy (non-hydrogen) atoms. The summed E-state index contributed by atoms with van der Waals surface area (Å²) >= 11 is 0. The molecule has 0 fully saturated rings. The van der Waals surface area contributed by atoms with E-state index in [0.29, 0.717) is 23.9 Å². The molecule has 1 aliphatic heterocycles. The van der Waals surface area contributed by atoms with Gasteiger partial charge in [0.1, 0.15) is 29.3 Å². The van der Waals surface area contributed by atoms with Crippen molar-refractivity contribution in [2.24, 2.45) is 0 Å². The monoisotopic (exact) mass is 537 g/mol. The Morgan fingerprint density at radius 3 is 2.15 bits per heavy atom. The first-order valence-corrected chi connectivity index (χ1v) is 13.3. The van der Waals surface area contributed by atoms with Crippen LogP contribution < -0.4 is 19.1 Å². The maximum atomic E-state index is 14.6. The summed E-state index contributed by atoms with van der Waals surface area (Å²) in [6.07, 6.45) is 0. The Labute approximate surface area is 236 Å². The number of para-hydroxylation sites is 1. The molecule has 0 spiro atoms. The summed E-state index contributed by atoms with van der Waals surface area (Å²) in [7, 11) is 4.89. The molecule has 0 unspecified atom stereocenters. The SMILES string of the molecule is COc1ccc([C@]2(C)C(=O)N(c3ccc(OCc4ccccc4)cc3C(C)(C)OC)c3ccccc32)c(OC)c1. The van der Waals surface area contributed by atoms with Gasteiger partial charge >= 0.3 is 0 Å². The van der Waals surface area contributed by atoms with Crippen LogP contribution in [-0.4, -0.2) is 27.2 Å². The molecule has 0 bridgehead atoms. The summed E-state index contributed by atoms with van der Waals surface area (Å²) in [6, 6.07) is 29.4. The normalized spacial score (nSPS) is 16.6. The van der Waals surface area contributed by atoms with Gasteiger partial charge in [0.2, 0.25) is 5.91 Å². The zero-order valence-corrected chi connectivity index (χ0v) is 23.9. The largest absolute Gasteiger partial charge is 0.497 e. The van der Waals surface area contributed by atoms with Gasteiger partial charge in [-0.15, -0.1) is 0 Å². The van der Waals surface area contributed by atoms with Gasteiger partial charge in [0.25, 0.3) is 0 Å². The second-order valence-corrected chi connectivity index (χ2v) is 10.5. The molecule has 206 valence electrons. The van der Waals surface area contributed by atoms with Crippen LogP contribution in [0.15, 0.2) is 91.0 Å². The highest BCUT2D eigenvalue weighted by molar-refractivity contribution is 6.15. The molecule has 4 aromatic rings. The smallest absolute Gasteiger partial charge is 0.246 e. The fourth-order valence-corrected chi connectivity index (χ4v) is 5.38. The number of amides is 1. The molecule has 1 heterocycles. The Bertz CT molecular complexity index is 1530. The van der Waals surface area contributed by atoms with E-state index in [1.807, 2.05) is 112 Å². The number of methoxy groups -OCH3 is 3. The highest BCUT2D eigenvalue weighted by atomic mass is 16.5. The molecule has 0 aromatic heterocycles. The minimum absolute atomic E-state index is 0.0803. The second kappa shape index (κ2) is 10.7. The van der Waals surface area contributed by atoms with Gasteiger partial charge < -0.3 is 18.9 Å². The fraction of sp³-hybridized carbons (Fsp3) is 0.265. The number of anilines is 2. The Balaban J connectivity index is 1.63. The molecule has 1 aliphatic rings. The fourth-order valence-electron chi connectivity index (χ4n) is 5.38. The van der Waals surface area contributed by atoms with Crippen LogP contribution in [-0.2, 0) is 27.2 Å². The minimum atomic E-state index is -0.995. The van der Waals surface area contributed by atoms with E-state index < -0.39 is 11.0 Å². The van der Waals surface area contributed by atoms with E-state index in [9.17, 15) is 4.79 Å². The van der Waals surface area contributed by atoms with E-state index in [4.69, 9.17) is 18.9 Å². The van der Waals surface area contributed by atoms with E-state index in [-0.39, 0.29) is 5.91 Å². The number of ether oxygens (including phenoxy) is 4. The Kier molecular flexibility index (Phi) is 7.30. The number of carbonyl (C=O) groups is 1. The van der Waals surface area contributed by atoms with Gasteiger partial charge in [-0.1, -0.05) is 54.6 Å². The Morgan fingerprint density at radius 1 is 0.750 bits per heavy atom. The van der Waals surface area contributed by atoms with Crippen LogP contribution in [0.3, 0.4) is 0 Å². The molecule has 6 heteroatoms. The lowest BCUT2D eigenvalue weighted by atomic mass is 9.76. The molecular weight excluding hydrogens is 502 g/mol. The minimum Gasteiger partial charge on any atom is -0.497 e. The highest BCUT2D eigenvalue weighted by Gasteiger charge is 2.51. The molecule has 0 saturated carbocycles. The summed E-state index contributed by atoms with van der Waals surface area (Å²) in [5.74, 6) is 1.87. The molecule has 0 aliphatic carbocycles. The van der Waals surface area contributed by atoms with E-state index in [2.05, 4.69) is 0 Å². The zero-order valence-electron chi connectivity index (χ0n) is 23.9. The summed E-state index contributed by atoms with van der Waals surface area (Å²) in [5, 5.41) is 0. The molecule has 6 nitrogen and oxygen atoms in total. The van der Waals surface area contributed by atoms with Crippen LogP contribution in [0.25, 0.3) is 0 Å². The van der Waals surface area contributed by atoms with Gasteiger partial charge in [-0.25, -0.2) is 0 Å². The van der Waals surface area contributed by atoms with Crippen molar-refractivity contribution >= 4 is 17.3 Å². The third-order valence-corrected chi connectivity index (χ3v) is 7.88. The van der Waals surface area contributed by atoms with Crippen LogP contribution in [0.5, 0.6) is 17.2 Å². The second-order valence-electron chi connectivity index (χ2n) is 10.5. The zero-order chi connectivity index (χ0) is 28.5. The van der Waals surface area contributed by atoms with Gasteiger partial charge in [0, 0.05) is 24.3 Å². The first-order valence-electron chi connectivity index (χ1n) is 13.3. The van der Waals surface area contributed by atoms with Crippen LogP contribution in [0.2, 0.25) is 0 Å². The van der Waals surface area contributed by atoms with E-state index in [1.165, 1.54) is 0 Å². The highest BCUT2D eigenvalue weighted by Crippen LogP contribution is 2.53. The van der Waals surface area contributed by atoms with Crippen molar-refractivity contribution in [2.75, 3.05) is 26.2 Å². The van der Waals surface area contributed by atoms with Crippen molar-refractivity contribution in [3.05, 3.63) is 113 Å². The number of hydrogen-bond acceptors (Lipinski definition) is 5. The Hall–Kier alpha value is -4.29. The predicted octanol–water partition coefficient (Wildman–Crippen LogP) is 7.15. The van der Waals surface area contributed by atoms with E-state index in [0.717, 1.165) is 33.6 Å². The lowest BCUT2D eigenvalue weighted by molar-refractivity contribution is -0.120. The van der Waals surface area contributed by atoms with Gasteiger partial charge in [-0.05, 0) is 62.2 Å². The summed E-state index contributed by atoms with van der Waals surface area (Å²) < 4.78 is 23.3. The van der Waals surface area contributed by atoms with Crippen molar-refractivity contribution in [1.82, 2.24) is 0 Å². The molecule has 4 aromatic carbocycles. The standard InChI is InChI=1S/C34H35NO5/c1-33(2,39-6)28-20-25(40-22-23-12-8-7-9-13-23)17-19-30(28)35-29-15-11-10-14-26(29)34(3,32(35)36)27-18-16-24(37-4)21-31(27)38-5/h7-21H,22H2,1-6H3/t34-/m1/s1. The van der Waals surface area contributed by atoms with E-state index in [1.54, 1.807) is 26.2 Å². The van der Waals surface area contributed by atoms with Crippen LogP contribution in [0, 0.1) is 0 Å². The number of carbonyl (C=O) groups excluding carboxylic acids is 1. The predicted molar refractivity (Wildman–Crippen MR) is 157 cm³/mol. The van der Waals surface area contributed by atoms with Crippen LogP contribution in [0.4, 0.5) is 11.4 Å². The van der Waals surface area contributed by atoms with Gasteiger partial charge in [0.05, 0.1) is 31.2 Å². The molecule has 0 saturated heterocycles. The number of nitrogens with zero attached hydrogens (tertiary/aromatic N) is 1. The number of rotatable bonds is 9. The third-order valence-electron chi connectivity index (χ3n) is 7.88. The van der Waals surface area contributed by atoms with Crippen molar-refractivity contribution in [3.63, 3.8) is 0 Å². The average molecular weight is 538 g/mol. The molecule has 5 rings (SSSR count).